The summed E-state index contributed by atoms with van der Waals surface area (Å²) in [6.45, 7) is 2.61. The summed E-state index contributed by atoms with van der Waals surface area (Å²) in [6.07, 6.45) is 0. The highest BCUT2D eigenvalue weighted by molar-refractivity contribution is 5.55. The highest BCUT2D eigenvalue weighted by atomic mass is 15.1. The van der Waals surface area contributed by atoms with Gasteiger partial charge in [0.1, 0.15) is 5.82 Å². The van der Waals surface area contributed by atoms with Gasteiger partial charge in [-0.25, -0.2) is 4.98 Å². The molecule has 0 fully saturated rings. The molecule has 4 nitrogen and oxygen atoms in total. The van der Waals surface area contributed by atoms with Crippen molar-refractivity contribution in [2.75, 3.05) is 20.6 Å². The van der Waals surface area contributed by atoms with Crippen molar-refractivity contribution >= 4 is 0 Å². The van der Waals surface area contributed by atoms with Crippen LogP contribution in [0.3, 0.4) is 0 Å². The largest absolute Gasteiger partial charge is 0.342 e. The van der Waals surface area contributed by atoms with Gasteiger partial charge in [0.15, 0.2) is 0 Å². The number of nitrogens with one attached hydrogen (secondary N) is 1. The van der Waals surface area contributed by atoms with Crippen LogP contribution in [0.5, 0.6) is 0 Å². The van der Waals surface area contributed by atoms with Crippen LogP contribution in [0.25, 0.3) is 11.4 Å². The molecule has 1 heterocycles. The fourth-order valence-electron chi connectivity index (χ4n) is 2.10. The molecule has 18 heavy (non-hydrogen) atoms. The fraction of sp³-hybridized carbons (Fsp3) is 0.357. The van der Waals surface area contributed by atoms with Crippen LogP contribution >= 0.6 is 0 Å². The van der Waals surface area contributed by atoms with Gasteiger partial charge in [-0.05, 0) is 21.0 Å². The van der Waals surface area contributed by atoms with E-state index in [0.29, 0.717) is 6.54 Å². The molecule has 0 aliphatic rings. The van der Waals surface area contributed by atoms with Gasteiger partial charge in [0.05, 0.1) is 11.7 Å². The number of aromatic nitrogens is 2. The molecule has 0 aliphatic heterocycles. The number of aromatic amines is 1. The van der Waals surface area contributed by atoms with Crippen LogP contribution in [-0.4, -0.2) is 35.5 Å². The van der Waals surface area contributed by atoms with Crippen LogP contribution in [0, 0.1) is 6.92 Å². The average Bonchev–Trinajstić information content (AvgIpc) is 2.73. The first-order valence-corrected chi connectivity index (χ1v) is 6.12. The van der Waals surface area contributed by atoms with Gasteiger partial charge in [0.25, 0.3) is 0 Å². The third-order valence-corrected chi connectivity index (χ3v) is 3.13. The van der Waals surface area contributed by atoms with Crippen LogP contribution in [0.15, 0.2) is 30.3 Å². The maximum absolute atomic E-state index is 5.83. The fourth-order valence-corrected chi connectivity index (χ4v) is 2.10. The normalized spacial score (nSPS) is 12.9. The lowest BCUT2D eigenvalue weighted by Crippen LogP contribution is -2.28. The molecule has 0 amide bonds. The Morgan fingerprint density at radius 3 is 2.50 bits per heavy atom. The minimum atomic E-state index is 0.152. The van der Waals surface area contributed by atoms with Crippen molar-refractivity contribution in [1.82, 2.24) is 14.9 Å². The van der Waals surface area contributed by atoms with Gasteiger partial charge in [-0.1, -0.05) is 30.3 Å². The number of aryl methyl sites for hydroxylation is 1. The standard InChI is InChI=1S/C14H20N4/c1-10-13(12(9-15)18(2)3)17-14(16-10)11-7-5-4-6-8-11/h4-8,12H,9,15H2,1-3H3,(H,16,17). The van der Waals surface area contributed by atoms with Gasteiger partial charge in [-0.2, -0.15) is 0 Å². The third kappa shape index (κ3) is 2.44. The molecule has 96 valence electrons. The first kappa shape index (κ1) is 12.8. The van der Waals surface area contributed by atoms with E-state index in [-0.39, 0.29) is 6.04 Å². The number of nitrogens with zero attached hydrogens (tertiary/aromatic N) is 2. The molecule has 4 heteroatoms. The lowest BCUT2D eigenvalue weighted by Gasteiger charge is -2.21. The molecule has 0 saturated carbocycles. The Labute approximate surface area is 108 Å². The molecule has 0 bridgehead atoms. The van der Waals surface area contributed by atoms with E-state index < -0.39 is 0 Å². The number of benzene rings is 1. The van der Waals surface area contributed by atoms with E-state index in [2.05, 4.69) is 22.0 Å². The summed E-state index contributed by atoms with van der Waals surface area (Å²) in [5.74, 6) is 0.906. The number of likely N-dealkylation sites (N-methyl/N-ethyl adjacent to an activating group) is 1. The van der Waals surface area contributed by atoms with Crippen molar-refractivity contribution in [1.29, 1.82) is 0 Å². The summed E-state index contributed by atoms with van der Waals surface area (Å²) < 4.78 is 0. The van der Waals surface area contributed by atoms with Crippen molar-refractivity contribution in [2.45, 2.75) is 13.0 Å². The van der Waals surface area contributed by atoms with Gasteiger partial charge >= 0.3 is 0 Å². The van der Waals surface area contributed by atoms with Crippen molar-refractivity contribution in [3.63, 3.8) is 0 Å². The van der Waals surface area contributed by atoms with Crippen LogP contribution in [0.2, 0.25) is 0 Å². The highest BCUT2D eigenvalue weighted by Gasteiger charge is 2.19. The molecule has 1 aromatic carbocycles. The van der Waals surface area contributed by atoms with E-state index in [0.717, 1.165) is 22.8 Å². The van der Waals surface area contributed by atoms with Crippen LogP contribution in [0.1, 0.15) is 17.4 Å². The molecule has 1 unspecified atom stereocenters. The third-order valence-electron chi connectivity index (χ3n) is 3.13. The molecule has 2 rings (SSSR count). The zero-order chi connectivity index (χ0) is 13.1. The van der Waals surface area contributed by atoms with Gasteiger partial charge in [0.2, 0.25) is 0 Å². The zero-order valence-corrected chi connectivity index (χ0v) is 11.1. The second-order valence-corrected chi connectivity index (χ2v) is 4.68. The van der Waals surface area contributed by atoms with Crippen LogP contribution < -0.4 is 5.73 Å². The van der Waals surface area contributed by atoms with Gasteiger partial charge in [0, 0.05) is 17.8 Å². The maximum Gasteiger partial charge on any atom is 0.137 e. The smallest absolute Gasteiger partial charge is 0.137 e. The van der Waals surface area contributed by atoms with Crippen molar-refractivity contribution in [3.05, 3.63) is 41.7 Å². The van der Waals surface area contributed by atoms with E-state index >= 15 is 0 Å². The monoisotopic (exact) mass is 244 g/mol. The van der Waals surface area contributed by atoms with Gasteiger partial charge in [-0.15, -0.1) is 0 Å². The molecule has 0 saturated heterocycles. The van der Waals surface area contributed by atoms with Gasteiger partial charge < -0.3 is 10.7 Å². The Balaban J connectivity index is 2.38. The SMILES string of the molecule is Cc1[nH]c(-c2ccccc2)nc1C(CN)N(C)C. The lowest BCUT2D eigenvalue weighted by atomic mass is 10.1. The first-order chi connectivity index (χ1) is 8.63. The minimum absolute atomic E-state index is 0.152. The Bertz CT molecular complexity index is 502. The topological polar surface area (TPSA) is 57.9 Å². The number of hydrogen-bond donors (Lipinski definition) is 2. The molecule has 0 spiro atoms. The second kappa shape index (κ2) is 5.33. The molecule has 3 N–H and O–H groups in total. The van der Waals surface area contributed by atoms with Crippen molar-refractivity contribution in [2.24, 2.45) is 5.73 Å². The zero-order valence-electron chi connectivity index (χ0n) is 11.1. The molecular formula is C14H20N4. The van der Waals surface area contributed by atoms with Crippen molar-refractivity contribution in [3.8, 4) is 11.4 Å². The Morgan fingerprint density at radius 1 is 1.28 bits per heavy atom. The quantitative estimate of drug-likeness (QED) is 0.864. The summed E-state index contributed by atoms with van der Waals surface area (Å²) in [7, 11) is 4.04. The van der Waals surface area contributed by atoms with E-state index in [1.807, 2.05) is 39.2 Å². The Hall–Kier alpha value is -1.65. The van der Waals surface area contributed by atoms with Gasteiger partial charge in [-0.3, -0.25) is 4.90 Å². The summed E-state index contributed by atoms with van der Waals surface area (Å²) in [5.41, 5.74) is 9.04. The molecule has 0 aliphatic carbocycles. The van der Waals surface area contributed by atoms with Crippen LogP contribution in [0.4, 0.5) is 0 Å². The van der Waals surface area contributed by atoms with E-state index in [1.165, 1.54) is 0 Å². The molecule has 1 aromatic heterocycles. The number of nitrogens with two attached hydrogens (primary N) is 1. The number of H-pyrrole nitrogens is 1. The highest BCUT2D eigenvalue weighted by Crippen LogP contribution is 2.23. The maximum atomic E-state index is 5.83. The first-order valence-electron chi connectivity index (χ1n) is 6.12. The summed E-state index contributed by atoms with van der Waals surface area (Å²) in [5, 5.41) is 0. The van der Waals surface area contributed by atoms with E-state index in [1.54, 1.807) is 0 Å². The Morgan fingerprint density at radius 2 is 1.94 bits per heavy atom. The molecular weight excluding hydrogens is 224 g/mol. The average molecular weight is 244 g/mol. The summed E-state index contributed by atoms with van der Waals surface area (Å²) >= 11 is 0. The van der Waals surface area contributed by atoms with Crippen molar-refractivity contribution < 1.29 is 0 Å². The van der Waals surface area contributed by atoms with E-state index in [9.17, 15) is 0 Å². The Kier molecular flexibility index (Phi) is 3.79. The molecule has 0 radical (unpaired) electrons. The lowest BCUT2D eigenvalue weighted by molar-refractivity contribution is 0.300. The molecule has 2 aromatic rings. The van der Waals surface area contributed by atoms with E-state index in [4.69, 9.17) is 10.7 Å². The predicted molar refractivity (Wildman–Crippen MR) is 74.2 cm³/mol. The number of imidazole rings is 1. The summed E-state index contributed by atoms with van der Waals surface area (Å²) in [4.78, 5) is 10.1. The number of hydrogen-bond acceptors (Lipinski definition) is 3. The summed E-state index contributed by atoms with van der Waals surface area (Å²) in [6, 6.07) is 10.3. The molecule has 1 atom stereocenters. The predicted octanol–water partition coefficient (Wildman–Crippen LogP) is 1.95. The van der Waals surface area contributed by atoms with Crippen LogP contribution in [-0.2, 0) is 0 Å². The minimum Gasteiger partial charge on any atom is -0.342 e. The number of rotatable bonds is 4. The second-order valence-electron chi connectivity index (χ2n) is 4.68.